The topological polar surface area (TPSA) is 109 Å². The number of nitrogens with two attached hydrogens (primary N) is 1. The Hall–Kier alpha value is -2.97. The first kappa shape index (κ1) is 24.2. The second-order valence-electron chi connectivity index (χ2n) is 9.05. The van der Waals surface area contributed by atoms with E-state index in [2.05, 4.69) is 10.3 Å². The molecule has 0 bridgehead atoms. The van der Waals surface area contributed by atoms with Crippen molar-refractivity contribution in [3.63, 3.8) is 0 Å². The highest BCUT2D eigenvalue weighted by Crippen LogP contribution is 2.24. The van der Waals surface area contributed by atoms with Crippen molar-refractivity contribution in [3.05, 3.63) is 64.4 Å². The molecule has 1 unspecified atom stereocenters. The monoisotopic (exact) mass is 483 g/mol. The van der Waals surface area contributed by atoms with Gasteiger partial charge in [0.15, 0.2) is 6.17 Å². The van der Waals surface area contributed by atoms with Crippen molar-refractivity contribution in [3.8, 4) is 0 Å². The molecule has 1 aliphatic carbocycles. The first-order valence-electron chi connectivity index (χ1n) is 11.7. The van der Waals surface area contributed by atoms with Gasteiger partial charge in [-0.1, -0.05) is 29.3 Å². The van der Waals surface area contributed by atoms with Crippen LogP contribution in [0.2, 0.25) is 5.15 Å². The number of carbonyl (C=O) groups excluding carboxylic acids is 3. The van der Waals surface area contributed by atoms with E-state index < -0.39 is 12.1 Å². The molecule has 8 nitrogen and oxygen atoms in total. The second kappa shape index (κ2) is 10.5. The first-order chi connectivity index (χ1) is 16.3. The molecule has 34 heavy (non-hydrogen) atoms. The molecule has 0 radical (unpaired) electrons. The maximum absolute atomic E-state index is 13.6. The number of rotatable bonds is 4. The fourth-order valence-corrected chi connectivity index (χ4v) is 4.83. The smallest absolute Gasteiger partial charge is 0.264 e. The summed E-state index contributed by atoms with van der Waals surface area (Å²) in [4.78, 5) is 47.5. The number of nitrogens with zero attached hydrogens (tertiary/aromatic N) is 3. The van der Waals surface area contributed by atoms with Gasteiger partial charge in [-0.15, -0.1) is 0 Å². The van der Waals surface area contributed by atoms with Crippen LogP contribution in [0.15, 0.2) is 42.6 Å². The van der Waals surface area contributed by atoms with E-state index in [1.165, 1.54) is 16.0 Å². The van der Waals surface area contributed by atoms with Crippen LogP contribution in [0.3, 0.4) is 0 Å². The summed E-state index contributed by atoms with van der Waals surface area (Å²) >= 11 is 6.19. The third-order valence-electron chi connectivity index (χ3n) is 6.55. The van der Waals surface area contributed by atoms with Crippen LogP contribution in [0, 0.1) is 6.92 Å². The van der Waals surface area contributed by atoms with E-state index in [0.717, 1.165) is 31.2 Å². The van der Waals surface area contributed by atoms with Gasteiger partial charge in [0.1, 0.15) is 5.15 Å². The van der Waals surface area contributed by atoms with Crippen LogP contribution in [0.25, 0.3) is 0 Å². The van der Waals surface area contributed by atoms with Crippen molar-refractivity contribution in [2.45, 2.75) is 57.3 Å². The summed E-state index contributed by atoms with van der Waals surface area (Å²) in [6, 6.07) is 10.5. The molecule has 9 heteroatoms. The van der Waals surface area contributed by atoms with Gasteiger partial charge in [0.2, 0.25) is 0 Å². The molecule has 0 spiro atoms. The number of hydrogen-bond donors (Lipinski definition) is 2. The SMILES string of the molecule is Cc1ccc(C(=O)N2CCCN(C(=O)c3cccnc3Cl)C2C(=O)NC2CCC(N)CC2)cc1. The van der Waals surface area contributed by atoms with Crippen molar-refractivity contribution in [1.29, 1.82) is 0 Å². The zero-order valence-corrected chi connectivity index (χ0v) is 20.0. The zero-order chi connectivity index (χ0) is 24.2. The summed E-state index contributed by atoms with van der Waals surface area (Å²) in [7, 11) is 0. The average Bonchev–Trinajstić information content (AvgIpc) is 2.85. The summed E-state index contributed by atoms with van der Waals surface area (Å²) < 4.78 is 0. The largest absolute Gasteiger partial charge is 0.350 e. The minimum atomic E-state index is -1.08. The Balaban J connectivity index is 1.64. The Bertz CT molecular complexity index is 1050. The summed E-state index contributed by atoms with van der Waals surface area (Å²) in [6.07, 6.45) is 4.17. The lowest BCUT2D eigenvalue weighted by Crippen LogP contribution is -2.64. The molecule has 2 heterocycles. The highest BCUT2D eigenvalue weighted by molar-refractivity contribution is 6.32. The third-order valence-corrected chi connectivity index (χ3v) is 6.85. The van der Waals surface area contributed by atoms with Crippen molar-refractivity contribution in [1.82, 2.24) is 20.1 Å². The Morgan fingerprint density at radius 1 is 1.00 bits per heavy atom. The molecule has 1 aromatic heterocycles. The van der Waals surface area contributed by atoms with E-state index in [9.17, 15) is 14.4 Å². The molecule has 180 valence electrons. The molecular weight excluding hydrogens is 454 g/mol. The molecule has 1 aliphatic heterocycles. The predicted octanol–water partition coefficient (Wildman–Crippen LogP) is 2.74. The lowest BCUT2D eigenvalue weighted by Gasteiger charge is -2.43. The van der Waals surface area contributed by atoms with Gasteiger partial charge in [0.25, 0.3) is 17.7 Å². The predicted molar refractivity (Wildman–Crippen MR) is 129 cm³/mol. The number of aromatic nitrogens is 1. The van der Waals surface area contributed by atoms with Gasteiger partial charge in [0, 0.05) is 36.9 Å². The van der Waals surface area contributed by atoms with Crippen molar-refractivity contribution < 1.29 is 14.4 Å². The maximum atomic E-state index is 13.6. The number of nitrogens with one attached hydrogen (secondary N) is 1. The van der Waals surface area contributed by atoms with E-state index in [4.69, 9.17) is 17.3 Å². The van der Waals surface area contributed by atoms with Crippen molar-refractivity contribution in [2.75, 3.05) is 13.1 Å². The van der Waals surface area contributed by atoms with Gasteiger partial charge < -0.3 is 20.9 Å². The van der Waals surface area contributed by atoms with Gasteiger partial charge >= 0.3 is 0 Å². The van der Waals surface area contributed by atoms with Crippen LogP contribution < -0.4 is 11.1 Å². The molecule has 2 aromatic rings. The average molecular weight is 484 g/mol. The van der Waals surface area contributed by atoms with E-state index in [0.29, 0.717) is 25.1 Å². The van der Waals surface area contributed by atoms with E-state index in [1.54, 1.807) is 24.3 Å². The minimum Gasteiger partial charge on any atom is -0.350 e. The standard InChI is InChI=1S/C25H30ClN5O3/c1-16-5-7-17(8-6-16)24(33)30-14-3-15-31(25(34)20-4-2-13-28-21(20)26)23(30)22(32)29-19-11-9-18(27)10-12-19/h2,4-8,13,18-19,23H,3,9-12,14-15,27H2,1H3,(H,29,32). The Kier molecular flexibility index (Phi) is 7.48. The Morgan fingerprint density at radius 3 is 2.29 bits per heavy atom. The van der Waals surface area contributed by atoms with E-state index >= 15 is 0 Å². The van der Waals surface area contributed by atoms with Crippen LogP contribution in [0.1, 0.15) is 58.4 Å². The van der Waals surface area contributed by atoms with E-state index in [1.807, 2.05) is 19.1 Å². The molecule has 3 amide bonds. The molecule has 2 fully saturated rings. The molecular formula is C25H30ClN5O3. The number of pyridine rings is 1. The number of halogens is 1. The summed E-state index contributed by atoms with van der Waals surface area (Å²) in [5.74, 6) is -1.08. The van der Waals surface area contributed by atoms with Gasteiger partial charge in [-0.05, 0) is 63.3 Å². The number of benzene rings is 1. The number of hydrogen-bond acceptors (Lipinski definition) is 5. The molecule has 1 atom stereocenters. The van der Waals surface area contributed by atoms with Crippen molar-refractivity contribution >= 4 is 29.3 Å². The molecule has 1 aromatic carbocycles. The molecule has 1 saturated heterocycles. The Morgan fingerprint density at radius 2 is 1.65 bits per heavy atom. The van der Waals surface area contributed by atoms with Gasteiger partial charge in [-0.2, -0.15) is 0 Å². The fraction of sp³-hybridized carbons (Fsp3) is 0.440. The molecule has 3 N–H and O–H groups in total. The zero-order valence-electron chi connectivity index (χ0n) is 19.2. The number of amides is 3. The quantitative estimate of drug-likeness (QED) is 0.650. The highest BCUT2D eigenvalue weighted by atomic mass is 35.5. The highest BCUT2D eigenvalue weighted by Gasteiger charge is 2.42. The van der Waals surface area contributed by atoms with Gasteiger partial charge in [0.05, 0.1) is 5.56 Å². The van der Waals surface area contributed by atoms with E-state index in [-0.39, 0.29) is 34.6 Å². The number of aryl methyl sites for hydroxylation is 1. The Labute approximate surface area is 204 Å². The van der Waals surface area contributed by atoms with Crippen LogP contribution in [0.4, 0.5) is 0 Å². The fourth-order valence-electron chi connectivity index (χ4n) is 4.63. The van der Waals surface area contributed by atoms with Gasteiger partial charge in [-0.3, -0.25) is 14.4 Å². The first-order valence-corrected chi connectivity index (χ1v) is 12.1. The normalized spacial score (nSPS) is 22.9. The molecule has 4 rings (SSSR count). The van der Waals surface area contributed by atoms with Crippen molar-refractivity contribution in [2.24, 2.45) is 5.73 Å². The summed E-state index contributed by atoms with van der Waals surface area (Å²) in [6.45, 7) is 2.64. The molecule has 2 aliphatic rings. The second-order valence-corrected chi connectivity index (χ2v) is 9.41. The van der Waals surface area contributed by atoms with Gasteiger partial charge in [-0.25, -0.2) is 4.98 Å². The lowest BCUT2D eigenvalue weighted by atomic mass is 9.91. The van der Waals surface area contributed by atoms with Crippen LogP contribution in [-0.2, 0) is 4.79 Å². The van der Waals surface area contributed by atoms with Crippen LogP contribution >= 0.6 is 11.6 Å². The number of carbonyl (C=O) groups is 3. The van der Waals surface area contributed by atoms with Crippen LogP contribution in [-0.4, -0.2) is 63.8 Å². The summed E-state index contributed by atoms with van der Waals surface area (Å²) in [5.41, 5.74) is 7.72. The maximum Gasteiger partial charge on any atom is 0.264 e. The lowest BCUT2D eigenvalue weighted by molar-refractivity contribution is -0.133. The molecule has 1 saturated carbocycles. The summed E-state index contributed by atoms with van der Waals surface area (Å²) in [5, 5.41) is 3.14. The minimum absolute atomic E-state index is 0.0375. The van der Waals surface area contributed by atoms with Crippen LogP contribution in [0.5, 0.6) is 0 Å². The third kappa shape index (κ3) is 5.23.